The molecule has 1 rings (SSSR count). The Hall–Kier alpha value is -0.600. The average molecular weight is 230 g/mol. The van der Waals surface area contributed by atoms with E-state index in [9.17, 15) is 4.39 Å². The molecule has 1 aromatic rings. The molecule has 0 aliphatic carbocycles. The zero-order chi connectivity index (χ0) is 11.4. The minimum absolute atomic E-state index is 0.146. The lowest BCUT2D eigenvalue weighted by atomic mass is 10.1. The van der Waals surface area contributed by atoms with E-state index in [1.807, 2.05) is 6.92 Å². The summed E-state index contributed by atoms with van der Waals surface area (Å²) < 4.78 is 12.8. The Labute approximate surface area is 95.6 Å². The normalized spacial score (nSPS) is 15.0. The summed E-state index contributed by atoms with van der Waals surface area (Å²) in [7, 11) is 0. The van der Waals surface area contributed by atoms with E-state index in [2.05, 4.69) is 19.2 Å². The van der Waals surface area contributed by atoms with Crippen molar-refractivity contribution in [2.75, 3.05) is 0 Å². The molecule has 2 unspecified atom stereocenters. The monoisotopic (exact) mass is 229 g/mol. The minimum Gasteiger partial charge on any atom is -0.308 e. The van der Waals surface area contributed by atoms with Crippen LogP contribution < -0.4 is 5.32 Å². The largest absolute Gasteiger partial charge is 0.308 e. The SMILES string of the molecule is CCC(C)NC(C)c1ccc(F)cc1Cl. The maximum absolute atomic E-state index is 12.8. The predicted molar refractivity (Wildman–Crippen MR) is 62.7 cm³/mol. The van der Waals surface area contributed by atoms with Gasteiger partial charge in [0.15, 0.2) is 0 Å². The molecule has 0 bridgehead atoms. The summed E-state index contributed by atoms with van der Waals surface area (Å²) in [6.45, 7) is 6.27. The number of hydrogen-bond acceptors (Lipinski definition) is 1. The molecular weight excluding hydrogens is 213 g/mol. The summed E-state index contributed by atoms with van der Waals surface area (Å²) in [6.07, 6.45) is 1.06. The zero-order valence-corrected chi connectivity index (χ0v) is 10.1. The highest BCUT2D eigenvalue weighted by Crippen LogP contribution is 2.24. The molecule has 1 nitrogen and oxygen atoms in total. The smallest absolute Gasteiger partial charge is 0.124 e. The molecule has 2 atom stereocenters. The first-order chi connectivity index (χ1) is 7.04. The van der Waals surface area contributed by atoms with Crippen LogP contribution in [0.25, 0.3) is 0 Å². The van der Waals surface area contributed by atoms with Crippen LogP contribution >= 0.6 is 11.6 Å². The molecular formula is C12H17ClFN. The lowest BCUT2D eigenvalue weighted by molar-refractivity contribution is 0.469. The summed E-state index contributed by atoms with van der Waals surface area (Å²) in [6, 6.07) is 5.11. The van der Waals surface area contributed by atoms with Gasteiger partial charge in [-0.2, -0.15) is 0 Å². The Morgan fingerprint density at radius 1 is 1.40 bits per heavy atom. The second-order valence-corrected chi connectivity index (χ2v) is 4.27. The van der Waals surface area contributed by atoms with Crippen molar-refractivity contribution in [2.45, 2.75) is 39.3 Å². The fraction of sp³-hybridized carbons (Fsp3) is 0.500. The molecule has 0 radical (unpaired) electrons. The van der Waals surface area contributed by atoms with Crippen molar-refractivity contribution >= 4 is 11.6 Å². The highest BCUT2D eigenvalue weighted by atomic mass is 35.5. The van der Waals surface area contributed by atoms with Gasteiger partial charge in [0, 0.05) is 17.1 Å². The van der Waals surface area contributed by atoms with Crippen LogP contribution in [-0.4, -0.2) is 6.04 Å². The topological polar surface area (TPSA) is 12.0 Å². The molecule has 0 spiro atoms. The van der Waals surface area contributed by atoms with Crippen molar-refractivity contribution in [2.24, 2.45) is 0 Å². The van der Waals surface area contributed by atoms with Gasteiger partial charge in [-0.3, -0.25) is 0 Å². The molecule has 0 amide bonds. The first-order valence-corrected chi connectivity index (χ1v) is 5.63. The van der Waals surface area contributed by atoms with Gasteiger partial charge in [0.1, 0.15) is 5.82 Å². The van der Waals surface area contributed by atoms with Crippen LogP contribution in [0.2, 0.25) is 5.02 Å². The number of benzene rings is 1. The van der Waals surface area contributed by atoms with Crippen LogP contribution in [0.1, 0.15) is 38.8 Å². The molecule has 15 heavy (non-hydrogen) atoms. The van der Waals surface area contributed by atoms with Gasteiger partial charge in [-0.1, -0.05) is 24.6 Å². The number of nitrogens with one attached hydrogen (secondary N) is 1. The van der Waals surface area contributed by atoms with E-state index >= 15 is 0 Å². The Morgan fingerprint density at radius 2 is 2.07 bits per heavy atom. The molecule has 0 aromatic heterocycles. The quantitative estimate of drug-likeness (QED) is 0.825. The molecule has 1 N–H and O–H groups in total. The maximum atomic E-state index is 12.8. The Morgan fingerprint density at radius 3 is 2.60 bits per heavy atom. The lowest BCUT2D eigenvalue weighted by Gasteiger charge is -2.20. The average Bonchev–Trinajstić information content (AvgIpc) is 2.17. The molecule has 3 heteroatoms. The summed E-state index contributed by atoms with van der Waals surface area (Å²) in [5.74, 6) is -0.292. The van der Waals surface area contributed by atoms with Gasteiger partial charge < -0.3 is 5.32 Å². The van der Waals surface area contributed by atoms with Gasteiger partial charge >= 0.3 is 0 Å². The lowest BCUT2D eigenvalue weighted by Crippen LogP contribution is -2.28. The third-order valence-corrected chi connectivity index (χ3v) is 2.90. The molecule has 0 saturated carbocycles. The van der Waals surface area contributed by atoms with E-state index in [0.717, 1.165) is 12.0 Å². The summed E-state index contributed by atoms with van der Waals surface area (Å²) >= 11 is 5.97. The number of hydrogen-bond donors (Lipinski definition) is 1. The van der Waals surface area contributed by atoms with Crippen molar-refractivity contribution < 1.29 is 4.39 Å². The van der Waals surface area contributed by atoms with Crippen LogP contribution in [0, 0.1) is 5.82 Å². The van der Waals surface area contributed by atoms with E-state index < -0.39 is 0 Å². The molecule has 0 aliphatic rings. The van der Waals surface area contributed by atoms with Crippen molar-refractivity contribution in [3.05, 3.63) is 34.6 Å². The predicted octanol–water partition coefficient (Wildman–Crippen LogP) is 3.93. The Balaban J connectivity index is 2.77. The standard InChI is InChI=1S/C12H17ClFN/c1-4-8(2)15-9(3)11-6-5-10(14)7-12(11)13/h5-9,15H,4H2,1-3H3. The fourth-order valence-corrected chi connectivity index (χ4v) is 1.82. The first kappa shape index (κ1) is 12.5. The highest BCUT2D eigenvalue weighted by molar-refractivity contribution is 6.31. The summed E-state index contributed by atoms with van der Waals surface area (Å²) in [5, 5.41) is 3.88. The Bertz CT molecular complexity index is 327. The molecule has 0 saturated heterocycles. The van der Waals surface area contributed by atoms with Gasteiger partial charge in [-0.25, -0.2) is 4.39 Å². The van der Waals surface area contributed by atoms with Gasteiger partial charge in [-0.15, -0.1) is 0 Å². The number of halogens is 2. The van der Waals surface area contributed by atoms with Crippen LogP contribution in [-0.2, 0) is 0 Å². The Kier molecular flexibility index (Phi) is 4.55. The highest BCUT2D eigenvalue weighted by Gasteiger charge is 2.11. The van der Waals surface area contributed by atoms with E-state index in [1.54, 1.807) is 6.07 Å². The summed E-state index contributed by atoms with van der Waals surface area (Å²) in [4.78, 5) is 0. The maximum Gasteiger partial charge on any atom is 0.124 e. The fourth-order valence-electron chi connectivity index (χ4n) is 1.49. The zero-order valence-electron chi connectivity index (χ0n) is 9.35. The molecule has 0 heterocycles. The number of rotatable bonds is 4. The summed E-state index contributed by atoms with van der Waals surface area (Å²) in [5.41, 5.74) is 0.943. The van der Waals surface area contributed by atoms with E-state index in [1.165, 1.54) is 12.1 Å². The molecule has 84 valence electrons. The van der Waals surface area contributed by atoms with Crippen molar-refractivity contribution in [3.8, 4) is 0 Å². The van der Waals surface area contributed by atoms with Crippen molar-refractivity contribution in [3.63, 3.8) is 0 Å². The van der Waals surface area contributed by atoms with Crippen LogP contribution in [0.5, 0.6) is 0 Å². The molecule has 0 fully saturated rings. The third-order valence-electron chi connectivity index (χ3n) is 2.58. The first-order valence-electron chi connectivity index (χ1n) is 5.25. The van der Waals surface area contributed by atoms with E-state index in [0.29, 0.717) is 11.1 Å². The van der Waals surface area contributed by atoms with Crippen LogP contribution in [0.3, 0.4) is 0 Å². The van der Waals surface area contributed by atoms with Crippen LogP contribution in [0.4, 0.5) is 4.39 Å². The van der Waals surface area contributed by atoms with Gasteiger partial charge in [0.25, 0.3) is 0 Å². The van der Waals surface area contributed by atoms with Crippen molar-refractivity contribution in [1.82, 2.24) is 5.32 Å². The van der Waals surface area contributed by atoms with Gasteiger partial charge in [0.05, 0.1) is 0 Å². The minimum atomic E-state index is -0.292. The third kappa shape index (κ3) is 3.47. The molecule has 0 aliphatic heterocycles. The molecule has 1 aromatic carbocycles. The van der Waals surface area contributed by atoms with E-state index in [4.69, 9.17) is 11.6 Å². The van der Waals surface area contributed by atoms with Crippen molar-refractivity contribution in [1.29, 1.82) is 0 Å². The van der Waals surface area contributed by atoms with Gasteiger partial charge in [-0.05, 0) is 38.0 Å². The second-order valence-electron chi connectivity index (χ2n) is 3.86. The second kappa shape index (κ2) is 5.47. The van der Waals surface area contributed by atoms with Crippen LogP contribution in [0.15, 0.2) is 18.2 Å². The van der Waals surface area contributed by atoms with E-state index in [-0.39, 0.29) is 11.9 Å². The van der Waals surface area contributed by atoms with Gasteiger partial charge in [0.2, 0.25) is 0 Å².